The van der Waals surface area contributed by atoms with Crippen LogP contribution in [0.15, 0.2) is 11.3 Å². The Hall–Kier alpha value is -1.37. The van der Waals surface area contributed by atoms with Gasteiger partial charge < -0.3 is 10.1 Å². The van der Waals surface area contributed by atoms with E-state index in [4.69, 9.17) is 5.41 Å². The van der Waals surface area contributed by atoms with Crippen LogP contribution >= 0.6 is 0 Å². The maximum absolute atomic E-state index is 13.0. The number of rotatable bonds is 4. The molecule has 0 bridgehead atoms. The highest BCUT2D eigenvalue weighted by Crippen LogP contribution is 2.53. The summed E-state index contributed by atoms with van der Waals surface area (Å²) >= 11 is 0. The van der Waals surface area contributed by atoms with Crippen molar-refractivity contribution in [1.82, 2.24) is 0 Å². The van der Waals surface area contributed by atoms with Gasteiger partial charge in [0.2, 0.25) is 5.70 Å². The summed E-state index contributed by atoms with van der Waals surface area (Å²) in [5, 5.41) is 8.59. The van der Waals surface area contributed by atoms with Crippen molar-refractivity contribution >= 4 is 11.7 Å². The maximum Gasteiger partial charge on any atom is 0.467 e. The minimum Gasteiger partial charge on any atom is -0.462 e. The van der Waals surface area contributed by atoms with Crippen molar-refractivity contribution in [3.63, 3.8) is 0 Å². The number of alkyl halides is 3. The molecule has 7 heteroatoms. The topological polar surface area (TPSA) is 66.8 Å². The van der Waals surface area contributed by atoms with E-state index >= 15 is 0 Å². The number of allylic oxidation sites excluding steroid dienone is 2. The number of halogens is 3. The van der Waals surface area contributed by atoms with Crippen LogP contribution in [0.4, 0.5) is 13.2 Å². The molecule has 0 spiro atoms. The molecular formula is C12H16F3N2O2+. The Labute approximate surface area is 108 Å². The van der Waals surface area contributed by atoms with E-state index in [0.29, 0.717) is 6.42 Å². The van der Waals surface area contributed by atoms with Gasteiger partial charge in [0.15, 0.2) is 6.54 Å². The summed E-state index contributed by atoms with van der Waals surface area (Å²) in [6, 6.07) is 0. The summed E-state index contributed by atoms with van der Waals surface area (Å²) < 4.78 is 43.6. The highest BCUT2D eigenvalue weighted by Gasteiger charge is 2.53. The third-order valence-electron chi connectivity index (χ3n) is 3.49. The average molecular weight is 277 g/mol. The van der Waals surface area contributed by atoms with Gasteiger partial charge in [-0.05, 0) is 25.7 Å². The normalized spacial score (nSPS) is 28.1. The van der Waals surface area contributed by atoms with Gasteiger partial charge in [0.1, 0.15) is 0 Å². The van der Waals surface area contributed by atoms with Crippen LogP contribution in [0.2, 0.25) is 0 Å². The summed E-state index contributed by atoms with van der Waals surface area (Å²) in [6.07, 6.45) is -3.39. The van der Waals surface area contributed by atoms with Gasteiger partial charge in [-0.15, -0.1) is 0 Å². The summed E-state index contributed by atoms with van der Waals surface area (Å²) in [5.74, 6) is -0.473. The van der Waals surface area contributed by atoms with Crippen molar-refractivity contribution < 1.29 is 28.0 Å². The minimum absolute atomic E-state index is 0.00310. The van der Waals surface area contributed by atoms with Crippen LogP contribution in [0.3, 0.4) is 0 Å². The van der Waals surface area contributed by atoms with Crippen molar-refractivity contribution in [2.75, 3.05) is 13.2 Å². The van der Waals surface area contributed by atoms with Crippen LogP contribution < -0.4 is 5.32 Å². The number of nitrogens with one attached hydrogen (secondary N) is 1. The van der Waals surface area contributed by atoms with Crippen LogP contribution in [0.5, 0.6) is 0 Å². The maximum atomic E-state index is 13.0. The van der Waals surface area contributed by atoms with Crippen LogP contribution in [0.1, 0.15) is 19.8 Å². The smallest absolute Gasteiger partial charge is 0.462 e. The van der Waals surface area contributed by atoms with Gasteiger partial charge in [-0.3, -0.25) is 5.32 Å². The van der Waals surface area contributed by atoms with E-state index in [9.17, 15) is 18.0 Å². The Morgan fingerprint density at radius 3 is 2.68 bits per heavy atom. The summed E-state index contributed by atoms with van der Waals surface area (Å²) in [4.78, 5) is 11.1. The molecule has 0 aromatic heterocycles. The number of hydrogen-bond acceptors (Lipinski definition) is 3. The predicted molar refractivity (Wildman–Crippen MR) is 60.4 cm³/mol. The summed E-state index contributed by atoms with van der Waals surface area (Å²) in [5.41, 5.74) is -0.687. The van der Waals surface area contributed by atoms with Gasteiger partial charge in [0.05, 0.1) is 6.61 Å². The predicted octanol–water partition coefficient (Wildman–Crippen LogP) is 0.989. The van der Waals surface area contributed by atoms with E-state index in [0.717, 1.165) is 11.7 Å². The molecule has 2 rings (SSSR count). The minimum atomic E-state index is -4.52. The van der Waals surface area contributed by atoms with Crippen LogP contribution in [-0.2, 0) is 9.53 Å². The highest BCUT2D eigenvalue weighted by molar-refractivity contribution is 6.04. The number of ether oxygens (including phenoxy) is 1. The highest BCUT2D eigenvalue weighted by atomic mass is 19.4. The van der Waals surface area contributed by atoms with E-state index in [1.165, 1.54) is 0 Å². The lowest BCUT2D eigenvalue weighted by molar-refractivity contribution is -0.617. The number of nitrogens with two attached hydrogens (primary N) is 1. The molecule has 2 aliphatic carbocycles. The first-order valence-electron chi connectivity index (χ1n) is 6.22. The first-order chi connectivity index (χ1) is 8.84. The first-order valence-corrected chi connectivity index (χ1v) is 6.22. The zero-order chi connectivity index (χ0) is 14.2. The Morgan fingerprint density at radius 1 is 1.53 bits per heavy atom. The Morgan fingerprint density at radius 2 is 2.21 bits per heavy atom. The number of hydrogen-bond donors (Lipinski definition) is 2. The molecule has 0 radical (unpaired) electrons. The van der Waals surface area contributed by atoms with Gasteiger partial charge in [-0.25, -0.2) is 4.79 Å². The van der Waals surface area contributed by atoms with Crippen molar-refractivity contribution in [1.29, 1.82) is 5.41 Å². The monoisotopic (exact) mass is 277 g/mol. The molecule has 2 aliphatic rings. The van der Waals surface area contributed by atoms with E-state index < -0.39 is 24.4 Å². The average Bonchev–Trinajstić information content (AvgIpc) is 2.98. The summed E-state index contributed by atoms with van der Waals surface area (Å²) in [6.45, 7) is 1.33. The first kappa shape index (κ1) is 14.0. The fourth-order valence-corrected chi connectivity index (χ4v) is 2.49. The van der Waals surface area contributed by atoms with E-state index in [-0.39, 0.29) is 29.7 Å². The van der Waals surface area contributed by atoms with Gasteiger partial charge in [-0.1, -0.05) is 0 Å². The number of fused-ring (bicyclic) bond motifs is 1. The zero-order valence-corrected chi connectivity index (χ0v) is 10.5. The molecule has 2 fully saturated rings. The van der Waals surface area contributed by atoms with Gasteiger partial charge in [-0.2, -0.15) is 13.2 Å². The van der Waals surface area contributed by atoms with Crippen LogP contribution in [0.25, 0.3) is 0 Å². The molecule has 2 atom stereocenters. The van der Waals surface area contributed by atoms with Crippen LogP contribution in [0, 0.1) is 17.2 Å². The molecule has 0 saturated heterocycles. The second-order valence-corrected chi connectivity index (χ2v) is 4.82. The van der Waals surface area contributed by atoms with E-state index in [1.807, 2.05) is 0 Å². The third-order valence-corrected chi connectivity index (χ3v) is 3.49. The molecule has 0 aliphatic heterocycles. The summed E-state index contributed by atoms with van der Waals surface area (Å²) in [7, 11) is 0. The molecular weight excluding hydrogens is 261 g/mol. The fraction of sp³-hybridized carbons (Fsp3) is 0.667. The largest absolute Gasteiger partial charge is 0.467 e. The molecule has 0 aromatic rings. The van der Waals surface area contributed by atoms with Gasteiger partial charge >= 0.3 is 12.1 Å². The third kappa shape index (κ3) is 2.97. The van der Waals surface area contributed by atoms with E-state index in [2.05, 4.69) is 4.74 Å². The second-order valence-electron chi connectivity index (χ2n) is 4.82. The zero-order valence-electron chi connectivity index (χ0n) is 10.5. The standard InChI is InChI=1S/C12H15F3N2O2/c1-2-19-9(18)5-17-11(12(13,14)15)8-4-6-3-7(6)10(8)16/h6-7,16-17H,2-5H2,1H3/p+1/b11-8-,16-10?. The van der Waals surface area contributed by atoms with Crippen molar-refractivity contribution in [2.24, 2.45) is 11.8 Å². The fourth-order valence-electron chi connectivity index (χ4n) is 2.49. The molecule has 3 N–H and O–H groups in total. The molecule has 2 unspecified atom stereocenters. The molecule has 0 amide bonds. The quantitative estimate of drug-likeness (QED) is 0.752. The molecule has 2 saturated carbocycles. The molecule has 106 valence electrons. The lowest BCUT2D eigenvalue weighted by Crippen LogP contribution is -2.86. The Balaban J connectivity index is 2.11. The number of quaternary nitrogens is 1. The van der Waals surface area contributed by atoms with Crippen molar-refractivity contribution in [3.8, 4) is 0 Å². The Bertz CT molecular complexity index is 443. The lowest BCUT2D eigenvalue weighted by Gasteiger charge is -2.13. The number of carbonyl (C=O) groups is 1. The molecule has 0 aromatic carbocycles. The molecule has 4 nitrogen and oxygen atoms in total. The van der Waals surface area contributed by atoms with Crippen molar-refractivity contribution in [2.45, 2.75) is 25.9 Å². The van der Waals surface area contributed by atoms with Gasteiger partial charge in [0, 0.05) is 17.2 Å². The SMILES string of the molecule is CCOC(=O)C[NH2+]/C(=C1/CC2CC2C1=N)C(F)(F)F. The van der Waals surface area contributed by atoms with Crippen LogP contribution in [-0.4, -0.2) is 31.0 Å². The van der Waals surface area contributed by atoms with Crippen molar-refractivity contribution in [3.05, 3.63) is 11.3 Å². The molecule has 0 heterocycles. The Kier molecular flexibility index (Phi) is 3.66. The van der Waals surface area contributed by atoms with E-state index in [1.54, 1.807) is 6.92 Å². The lowest BCUT2D eigenvalue weighted by atomic mass is 10.1. The molecule has 19 heavy (non-hydrogen) atoms. The number of carbonyl (C=O) groups excluding carboxylic acids is 1. The second kappa shape index (κ2) is 4.96. The van der Waals surface area contributed by atoms with Gasteiger partial charge in [0.25, 0.3) is 0 Å². The number of esters is 1.